The van der Waals surface area contributed by atoms with Crippen molar-refractivity contribution < 1.29 is 29.3 Å². The van der Waals surface area contributed by atoms with Crippen LogP contribution < -0.4 is 0 Å². The predicted molar refractivity (Wildman–Crippen MR) is 105 cm³/mol. The Morgan fingerprint density at radius 3 is 2.59 bits per heavy atom. The van der Waals surface area contributed by atoms with Crippen molar-refractivity contribution in [2.24, 2.45) is 28.6 Å². The summed E-state index contributed by atoms with van der Waals surface area (Å²) in [6, 6.07) is 0. The maximum absolute atomic E-state index is 12.6. The summed E-state index contributed by atoms with van der Waals surface area (Å²) in [7, 11) is 0. The Hall–Kier alpha value is -1.53. The highest BCUT2D eigenvalue weighted by Crippen LogP contribution is 2.68. The molecule has 3 fully saturated rings. The molecule has 6 nitrogen and oxygen atoms in total. The molecule has 4 aliphatic carbocycles. The van der Waals surface area contributed by atoms with Gasteiger partial charge in [-0.25, -0.2) is 0 Å². The van der Waals surface area contributed by atoms with Crippen molar-refractivity contribution in [1.29, 1.82) is 0 Å². The first-order valence-corrected chi connectivity index (χ1v) is 10.8. The summed E-state index contributed by atoms with van der Waals surface area (Å²) in [5, 5.41) is 20.9. The van der Waals surface area contributed by atoms with E-state index >= 15 is 0 Å². The minimum absolute atomic E-state index is 0.0733. The topological polar surface area (TPSA) is 101 Å². The molecule has 0 radical (unpaired) electrons. The number of Topliss-reactive ketones (excluding diaryl/α,β-unsaturated/α-hetero) is 1. The van der Waals surface area contributed by atoms with E-state index in [0.29, 0.717) is 19.3 Å². The van der Waals surface area contributed by atoms with Gasteiger partial charge in [0.05, 0.1) is 0 Å². The molecule has 160 valence electrons. The van der Waals surface area contributed by atoms with Gasteiger partial charge in [0.25, 0.3) is 0 Å². The summed E-state index contributed by atoms with van der Waals surface area (Å²) in [6.07, 6.45) is 5.79. The van der Waals surface area contributed by atoms with E-state index in [0.717, 1.165) is 31.3 Å². The average molecular weight is 405 g/mol. The predicted octanol–water partition coefficient (Wildman–Crippen LogP) is 2.35. The largest absolute Gasteiger partial charge is 0.462 e. The first kappa shape index (κ1) is 20.7. The van der Waals surface area contributed by atoms with Crippen LogP contribution in [0.3, 0.4) is 0 Å². The second kappa shape index (κ2) is 6.74. The molecule has 0 saturated heterocycles. The van der Waals surface area contributed by atoms with E-state index in [1.165, 1.54) is 6.92 Å². The zero-order valence-corrected chi connectivity index (χ0v) is 17.6. The molecule has 0 bridgehead atoms. The summed E-state index contributed by atoms with van der Waals surface area (Å²) >= 11 is 0. The first-order chi connectivity index (χ1) is 13.6. The number of hydrogen-bond acceptors (Lipinski definition) is 6. The van der Waals surface area contributed by atoms with Crippen molar-refractivity contribution in [3.63, 3.8) is 0 Å². The molecule has 0 aliphatic heterocycles. The van der Waals surface area contributed by atoms with Gasteiger partial charge in [-0.1, -0.05) is 19.4 Å². The molecule has 0 aromatic heterocycles. The van der Waals surface area contributed by atoms with E-state index in [4.69, 9.17) is 4.74 Å². The van der Waals surface area contributed by atoms with Crippen LogP contribution in [0.2, 0.25) is 0 Å². The van der Waals surface area contributed by atoms with Gasteiger partial charge in [0.1, 0.15) is 18.3 Å². The van der Waals surface area contributed by atoms with Gasteiger partial charge in [-0.3, -0.25) is 14.4 Å². The molecule has 3 saturated carbocycles. The fourth-order valence-electron chi connectivity index (χ4n) is 7.57. The van der Waals surface area contributed by atoms with Gasteiger partial charge in [-0.15, -0.1) is 0 Å². The third kappa shape index (κ3) is 2.78. The SMILES string of the molecule is CC(=O)O[C@H]1C[C@@]2(C)[C@@H](CC[C@]2(O)C(=O)CO)[C@@H]2CCC3=CC(=O)CC[C@]3(C)[C@H]21. The van der Waals surface area contributed by atoms with Crippen LogP contribution in [-0.4, -0.2) is 46.1 Å². The van der Waals surface area contributed by atoms with E-state index in [1.54, 1.807) is 6.08 Å². The number of rotatable bonds is 3. The van der Waals surface area contributed by atoms with Crippen LogP contribution in [0.15, 0.2) is 11.6 Å². The van der Waals surface area contributed by atoms with Crippen LogP contribution >= 0.6 is 0 Å². The summed E-state index contributed by atoms with van der Waals surface area (Å²) < 4.78 is 5.85. The molecule has 0 amide bonds. The number of carbonyl (C=O) groups is 3. The van der Waals surface area contributed by atoms with E-state index in [1.807, 2.05) is 6.92 Å². The summed E-state index contributed by atoms with van der Waals surface area (Å²) in [5.41, 5.74) is -1.37. The van der Waals surface area contributed by atoms with Gasteiger partial charge in [-0.2, -0.15) is 0 Å². The molecule has 0 heterocycles. The lowest BCUT2D eigenvalue weighted by Crippen LogP contribution is -2.62. The quantitative estimate of drug-likeness (QED) is 0.701. The smallest absolute Gasteiger partial charge is 0.302 e. The fourth-order valence-corrected chi connectivity index (χ4v) is 7.57. The second-order valence-electron chi connectivity index (χ2n) is 10.1. The van der Waals surface area contributed by atoms with Crippen molar-refractivity contribution >= 4 is 17.5 Å². The van der Waals surface area contributed by atoms with Crippen LogP contribution in [0.4, 0.5) is 0 Å². The standard InChI is InChI=1S/C23H32O6/c1-13(25)29-18-11-22(3)17(7-9-23(22,28)19(27)12-24)16-5-4-14-10-15(26)6-8-21(14,2)20(16)18/h10,16-18,20,24,28H,4-9,11-12H2,1-3H3/t16-,17-,18-,20+,21-,22-,23-/m0/s1. The molecule has 2 N–H and O–H groups in total. The number of fused-ring (bicyclic) bond motifs is 5. The average Bonchev–Trinajstić information content (AvgIpc) is 2.92. The zero-order valence-electron chi connectivity index (χ0n) is 17.6. The van der Waals surface area contributed by atoms with Gasteiger partial charge in [0, 0.05) is 24.7 Å². The lowest BCUT2D eigenvalue weighted by Gasteiger charge is -2.60. The number of ketones is 2. The maximum Gasteiger partial charge on any atom is 0.302 e. The van der Waals surface area contributed by atoms with Crippen molar-refractivity contribution in [1.82, 2.24) is 0 Å². The Morgan fingerprint density at radius 1 is 1.21 bits per heavy atom. The van der Waals surface area contributed by atoms with Crippen LogP contribution in [0, 0.1) is 28.6 Å². The van der Waals surface area contributed by atoms with Gasteiger partial charge in [-0.05, 0) is 61.9 Å². The lowest BCUT2D eigenvalue weighted by atomic mass is 9.45. The molecule has 29 heavy (non-hydrogen) atoms. The molecular weight excluding hydrogens is 372 g/mol. The van der Waals surface area contributed by atoms with E-state index < -0.39 is 29.5 Å². The molecule has 0 unspecified atom stereocenters. The Morgan fingerprint density at radius 2 is 1.93 bits per heavy atom. The number of carbonyl (C=O) groups excluding carboxylic acids is 3. The first-order valence-electron chi connectivity index (χ1n) is 10.8. The van der Waals surface area contributed by atoms with Gasteiger partial charge >= 0.3 is 5.97 Å². The molecule has 7 atom stereocenters. The second-order valence-corrected chi connectivity index (χ2v) is 10.1. The molecule has 0 aromatic rings. The normalized spacial score (nSPS) is 46.2. The minimum Gasteiger partial charge on any atom is -0.462 e. The van der Waals surface area contributed by atoms with Crippen molar-refractivity contribution in [2.75, 3.05) is 6.61 Å². The lowest BCUT2D eigenvalue weighted by molar-refractivity contribution is -0.195. The molecule has 4 rings (SSSR count). The van der Waals surface area contributed by atoms with Crippen LogP contribution in [-0.2, 0) is 19.1 Å². The minimum atomic E-state index is -1.59. The van der Waals surface area contributed by atoms with E-state index in [-0.39, 0.29) is 34.9 Å². The van der Waals surface area contributed by atoms with Gasteiger partial charge < -0.3 is 14.9 Å². The number of aliphatic hydroxyl groups excluding tert-OH is 1. The molecule has 0 aromatic carbocycles. The Kier molecular flexibility index (Phi) is 4.82. The van der Waals surface area contributed by atoms with Crippen LogP contribution in [0.5, 0.6) is 0 Å². The number of hydrogen-bond donors (Lipinski definition) is 2. The Labute approximate surface area is 171 Å². The third-order valence-corrected chi connectivity index (χ3v) is 8.95. The highest BCUT2D eigenvalue weighted by molar-refractivity contribution is 5.92. The van der Waals surface area contributed by atoms with Crippen LogP contribution in [0.1, 0.15) is 65.7 Å². The molecular formula is C23H32O6. The maximum atomic E-state index is 12.6. The van der Waals surface area contributed by atoms with E-state index in [2.05, 4.69) is 6.92 Å². The van der Waals surface area contributed by atoms with Crippen molar-refractivity contribution in [2.45, 2.75) is 77.4 Å². The summed E-state index contributed by atoms with van der Waals surface area (Å²) in [6.45, 7) is 4.84. The summed E-state index contributed by atoms with van der Waals surface area (Å²) in [4.78, 5) is 36.6. The van der Waals surface area contributed by atoms with Gasteiger partial charge in [0.15, 0.2) is 11.6 Å². The molecule has 4 aliphatic rings. The monoisotopic (exact) mass is 404 g/mol. The third-order valence-electron chi connectivity index (χ3n) is 8.95. The number of esters is 1. The highest BCUT2D eigenvalue weighted by Gasteiger charge is 2.68. The number of ether oxygens (including phenoxy) is 1. The summed E-state index contributed by atoms with van der Waals surface area (Å²) in [5.74, 6) is -0.330. The zero-order chi connectivity index (χ0) is 21.2. The van der Waals surface area contributed by atoms with Crippen molar-refractivity contribution in [3.05, 3.63) is 11.6 Å². The Bertz CT molecular complexity index is 786. The highest BCUT2D eigenvalue weighted by atomic mass is 16.5. The van der Waals surface area contributed by atoms with Crippen LogP contribution in [0.25, 0.3) is 0 Å². The molecule has 6 heteroatoms. The number of aliphatic hydroxyl groups is 2. The number of allylic oxidation sites excluding steroid dienone is 1. The Balaban J connectivity index is 1.79. The molecule has 0 spiro atoms. The van der Waals surface area contributed by atoms with Crippen molar-refractivity contribution in [3.8, 4) is 0 Å². The fraction of sp³-hybridized carbons (Fsp3) is 0.783. The van der Waals surface area contributed by atoms with E-state index in [9.17, 15) is 24.6 Å². The van der Waals surface area contributed by atoms with Gasteiger partial charge in [0.2, 0.25) is 0 Å².